The predicted molar refractivity (Wildman–Crippen MR) is 89.0 cm³/mol. The summed E-state index contributed by atoms with van der Waals surface area (Å²) >= 11 is 3.11. The number of carbonyl (C=O) groups excluding carboxylic acids is 1. The van der Waals surface area contributed by atoms with Gasteiger partial charge in [-0.2, -0.15) is 0 Å². The molecule has 0 saturated carbocycles. The van der Waals surface area contributed by atoms with Crippen LogP contribution in [-0.2, 0) is 10.2 Å². The molecule has 0 aliphatic rings. The molecule has 1 amide bonds. The average Bonchev–Trinajstić information content (AvgIpc) is 2.88. The molecular formula is C15H19N3OS2. The Kier molecular flexibility index (Phi) is 5.36. The second-order valence-corrected chi connectivity index (χ2v) is 7.77. The Morgan fingerprint density at radius 1 is 1.24 bits per heavy atom. The van der Waals surface area contributed by atoms with Gasteiger partial charge in [-0.1, -0.05) is 50.3 Å². The number of amides is 1. The number of nitrogens with one attached hydrogen (secondary N) is 1. The molecule has 0 bridgehead atoms. The first-order valence-corrected chi connectivity index (χ1v) is 8.57. The zero-order chi connectivity index (χ0) is 15.3. The van der Waals surface area contributed by atoms with Crippen molar-refractivity contribution < 1.29 is 4.79 Å². The minimum atomic E-state index is -0.0379. The van der Waals surface area contributed by atoms with E-state index in [1.165, 1.54) is 16.2 Å². The van der Waals surface area contributed by atoms with Crippen LogP contribution in [0.2, 0.25) is 0 Å². The highest BCUT2D eigenvalue weighted by Gasteiger charge is 2.19. The minimum absolute atomic E-state index is 0.0185. The first-order valence-electron chi connectivity index (χ1n) is 6.77. The molecule has 1 heterocycles. The molecule has 0 aliphatic heterocycles. The maximum atomic E-state index is 11.9. The third-order valence-corrected chi connectivity index (χ3v) is 4.93. The van der Waals surface area contributed by atoms with Crippen molar-refractivity contribution in [2.75, 3.05) is 11.1 Å². The monoisotopic (exact) mass is 321 g/mol. The van der Waals surface area contributed by atoms with Gasteiger partial charge >= 0.3 is 0 Å². The zero-order valence-corrected chi connectivity index (χ0v) is 14.1. The van der Waals surface area contributed by atoms with E-state index in [1.54, 1.807) is 11.8 Å². The summed E-state index contributed by atoms with van der Waals surface area (Å²) in [7, 11) is 0. The van der Waals surface area contributed by atoms with Gasteiger partial charge in [0.15, 0.2) is 0 Å². The third kappa shape index (κ3) is 5.13. The van der Waals surface area contributed by atoms with Gasteiger partial charge in [0, 0.05) is 22.5 Å². The molecule has 2 rings (SSSR count). The van der Waals surface area contributed by atoms with Gasteiger partial charge in [0.2, 0.25) is 11.0 Å². The van der Waals surface area contributed by atoms with Crippen molar-refractivity contribution in [3.05, 3.63) is 35.3 Å². The summed E-state index contributed by atoms with van der Waals surface area (Å²) in [5.74, 6) is 0.732. The number of hydrogen-bond acceptors (Lipinski definition) is 5. The lowest BCUT2D eigenvalue weighted by atomic mass is 9.98. The van der Waals surface area contributed by atoms with E-state index in [4.69, 9.17) is 0 Å². The molecule has 0 spiro atoms. The van der Waals surface area contributed by atoms with Crippen LogP contribution in [0.5, 0.6) is 0 Å². The van der Waals surface area contributed by atoms with Crippen molar-refractivity contribution in [3.63, 3.8) is 0 Å². The maximum absolute atomic E-state index is 11.9. The van der Waals surface area contributed by atoms with Crippen molar-refractivity contribution in [1.82, 2.24) is 10.2 Å². The Bertz CT molecular complexity index is 590. The number of benzene rings is 1. The van der Waals surface area contributed by atoms with Crippen LogP contribution in [0.25, 0.3) is 0 Å². The second-order valence-electron chi connectivity index (χ2n) is 5.62. The van der Waals surface area contributed by atoms with Crippen molar-refractivity contribution in [2.24, 2.45) is 0 Å². The summed E-state index contributed by atoms with van der Waals surface area (Å²) in [6, 6.07) is 10.1. The molecule has 0 aliphatic carbocycles. The summed E-state index contributed by atoms with van der Waals surface area (Å²) in [5.41, 5.74) is -0.0379. The number of hydrogen-bond donors (Lipinski definition) is 1. The SMILES string of the molecule is CC(C)(C)c1nnc(NC(=O)CCSc2ccccc2)s1. The Morgan fingerprint density at radius 3 is 2.57 bits per heavy atom. The first-order chi connectivity index (χ1) is 9.95. The van der Waals surface area contributed by atoms with Gasteiger partial charge in [-0.05, 0) is 12.1 Å². The molecule has 0 fully saturated rings. The summed E-state index contributed by atoms with van der Waals surface area (Å²) in [6.45, 7) is 6.24. The fourth-order valence-electron chi connectivity index (χ4n) is 1.54. The quantitative estimate of drug-likeness (QED) is 0.847. The van der Waals surface area contributed by atoms with Crippen LogP contribution in [-0.4, -0.2) is 21.9 Å². The third-order valence-electron chi connectivity index (χ3n) is 2.65. The van der Waals surface area contributed by atoms with Gasteiger partial charge in [-0.25, -0.2) is 0 Å². The molecular weight excluding hydrogens is 302 g/mol. The fraction of sp³-hybridized carbons (Fsp3) is 0.400. The van der Waals surface area contributed by atoms with E-state index >= 15 is 0 Å². The van der Waals surface area contributed by atoms with Gasteiger partial charge in [0.1, 0.15) is 5.01 Å². The van der Waals surface area contributed by atoms with Crippen molar-refractivity contribution >= 4 is 34.1 Å². The van der Waals surface area contributed by atoms with E-state index in [0.29, 0.717) is 11.6 Å². The summed E-state index contributed by atoms with van der Waals surface area (Å²) in [4.78, 5) is 13.1. The van der Waals surface area contributed by atoms with Crippen molar-refractivity contribution in [3.8, 4) is 0 Å². The lowest BCUT2D eigenvalue weighted by Gasteiger charge is -2.12. The molecule has 0 atom stereocenters. The minimum Gasteiger partial charge on any atom is -0.301 e. The van der Waals surface area contributed by atoms with Gasteiger partial charge < -0.3 is 5.32 Å². The Labute approximate surface area is 133 Å². The molecule has 1 N–H and O–H groups in total. The number of aromatic nitrogens is 2. The summed E-state index contributed by atoms with van der Waals surface area (Å²) in [6.07, 6.45) is 0.462. The first kappa shape index (κ1) is 16.0. The molecule has 2 aromatic rings. The Balaban J connectivity index is 1.78. The number of anilines is 1. The van der Waals surface area contributed by atoms with Crippen LogP contribution in [0.15, 0.2) is 35.2 Å². The lowest BCUT2D eigenvalue weighted by molar-refractivity contribution is -0.115. The van der Waals surface area contributed by atoms with Gasteiger partial charge in [0.05, 0.1) is 0 Å². The summed E-state index contributed by atoms with van der Waals surface area (Å²) < 4.78 is 0. The summed E-state index contributed by atoms with van der Waals surface area (Å²) in [5, 5.41) is 12.5. The van der Waals surface area contributed by atoms with E-state index in [0.717, 1.165) is 10.8 Å². The predicted octanol–water partition coefficient (Wildman–Crippen LogP) is 3.96. The van der Waals surface area contributed by atoms with E-state index in [2.05, 4.69) is 36.3 Å². The largest absolute Gasteiger partial charge is 0.301 e. The Hall–Kier alpha value is -1.40. The van der Waals surface area contributed by atoms with E-state index in [9.17, 15) is 4.79 Å². The topological polar surface area (TPSA) is 54.9 Å². The lowest BCUT2D eigenvalue weighted by Crippen LogP contribution is -2.11. The van der Waals surface area contributed by atoms with Crippen molar-refractivity contribution in [2.45, 2.75) is 37.5 Å². The van der Waals surface area contributed by atoms with Crippen LogP contribution >= 0.6 is 23.1 Å². The zero-order valence-electron chi connectivity index (χ0n) is 12.4. The number of nitrogens with zero attached hydrogens (tertiary/aromatic N) is 2. The molecule has 21 heavy (non-hydrogen) atoms. The van der Waals surface area contributed by atoms with Gasteiger partial charge in [-0.15, -0.1) is 22.0 Å². The molecule has 0 radical (unpaired) electrons. The smallest absolute Gasteiger partial charge is 0.227 e. The number of rotatable bonds is 5. The molecule has 112 valence electrons. The highest BCUT2D eigenvalue weighted by Crippen LogP contribution is 2.27. The van der Waals surface area contributed by atoms with Crippen LogP contribution in [0.3, 0.4) is 0 Å². The Morgan fingerprint density at radius 2 is 1.95 bits per heavy atom. The average molecular weight is 321 g/mol. The van der Waals surface area contributed by atoms with Crippen LogP contribution in [0.4, 0.5) is 5.13 Å². The number of thioether (sulfide) groups is 1. The standard InChI is InChI=1S/C15H19N3OS2/c1-15(2,3)13-17-18-14(21-13)16-12(19)9-10-20-11-7-5-4-6-8-11/h4-8H,9-10H2,1-3H3,(H,16,18,19). The van der Waals surface area contributed by atoms with E-state index in [1.807, 2.05) is 30.3 Å². The molecule has 1 aromatic carbocycles. The molecule has 0 unspecified atom stereocenters. The highest BCUT2D eigenvalue weighted by atomic mass is 32.2. The molecule has 4 nitrogen and oxygen atoms in total. The molecule has 6 heteroatoms. The van der Waals surface area contributed by atoms with Gasteiger partial charge in [0.25, 0.3) is 0 Å². The second kappa shape index (κ2) is 7.04. The van der Waals surface area contributed by atoms with Crippen LogP contribution in [0, 0.1) is 0 Å². The van der Waals surface area contributed by atoms with Gasteiger partial charge in [-0.3, -0.25) is 4.79 Å². The molecule has 1 aromatic heterocycles. The van der Waals surface area contributed by atoms with Crippen LogP contribution in [0.1, 0.15) is 32.2 Å². The molecule has 0 saturated heterocycles. The highest BCUT2D eigenvalue weighted by molar-refractivity contribution is 7.99. The normalized spacial score (nSPS) is 11.4. The van der Waals surface area contributed by atoms with Crippen molar-refractivity contribution in [1.29, 1.82) is 0 Å². The number of carbonyl (C=O) groups is 1. The fourth-order valence-corrected chi connectivity index (χ4v) is 3.23. The van der Waals surface area contributed by atoms with E-state index in [-0.39, 0.29) is 11.3 Å². The van der Waals surface area contributed by atoms with E-state index < -0.39 is 0 Å². The maximum Gasteiger partial charge on any atom is 0.227 e. The van der Waals surface area contributed by atoms with Crippen LogP contribution < -0.4 is 5.32 Å².